The van der Waals surface area contributed by atoms with Crippen LogP contribution in [-0.2, 0) is 4.74 Å². The molecule has 1 saturated heterocycles. The van der Waals surface area contributed by atoms with Crippen LogP contribution < -0.4 is 0 Å². The average molecular weight is 240 g/mol. The molecule has 3 heteroatoms. The molecular weight excluding hydrogens is 222 g/mol. The fourth-order valence-electron chi connectivity index (χ4n) is 2.42. The molecule has 2 rings (SSSR count). The van der Waals surface area contributed by atoms with Gasteiger partial charge in [-0.3, -0.25) is 0 Å². The Morgan fingerprint density at radius 2 is 2.06 bits per heavy atom. The smallest absolute Gasteiger partial charge is 0.159 e. The SMILES string of the molecule is CCCC1CCC(c2ccc(F)c(F)c2)OC1. The predicted molar refractivity (Wildman–Crippen MR) is 62.7 cm³/mol. The third-order valence-electron chi connectivity index (χ3n) is 3.38. The first kappa shape index (κ1) is 12.5. The van der Waals surface area contributed by atoms with Gasteiger partial charge in [0.2, 0.25) is 0 Å². The maximum atomic E-state index is 13.1. The van der Waals surface area contributed by atoms with Gasteiger partial charge in [0, 0.05) is 0 Å². The number of hydrogen-bond acceptors (Lipinski definition) is 1. The first-order chi connectivity index (χ1) is 8.20. The lowest BCUT2D eigenvalue weighted by Gasteiger charge is -2.29. The topological polar surface area (TPSA) is 9.23 Å². The Hall–Kier alpha value is -0.960. The van der Waals surface area contributed by atoms with Gasteiger partial charge in [-0.1, -0.05) is 19.4 Å². The third-order valence-corrected chi connectivity index (χ3v) is 3.38. The molecule has 0 saturated carbocycles. The molecule has 17 heavy (non-hydrogen) atoms. The predicted octanol–water partition coefficient (Wildman–Crippen LogP) is 4.23. The van der Waals surface area contributed by atoms with Gasteiger partial charge in [-0.05, 0) is 42.9 Å². The van der Waals surface area contributed by atoms with Crippen LogP contribution in [-0.4, -0.2) is 6.61 Å². The molecule has 1 aliphatic rings. The maximum Gasteiger partial charge on any atom is 0.159 e. The van der Waals surface area contributed by atoms with Crippen molar-refractivity contribution in [3.05, 3.63) is 35.4 Å². The van der Waals surface area contributed by atoms with Crippen LogP contribution in [0.15, 0.2) is 18.2 Å². The van der Waals surface area contributed by atoms with E-state index in [4.69, 9.17) is 4.74 Å². The van der Waals surface area contributed by atoms with Crippen molar-refractivity contribution in [2.75, 3.05) is 6.61 Å². The highest BCUT2D eigenvalue weighted by molar-refractivity contribution is 5.20. The quantitative estimate of drug-likeness (QED) is 0.768. The van der Waals surface area contributed by atoms with Gasteiger partial charge in [0.05, 0.1) is 12.7 Å². The van der Waals surface area contributed by atoms with Gasteiger partial charge in [0.15, 0.2) is 11.6 Å². The molecule has 0 aliphatic carbocycles. The molecule has 0 spiro atoms. The number of benzene rings is 1. The number of ether oxygens (including phenoxy) is 1. The van der Waals surface area contributed by atoms with Gasteiger partial charge in [-0.2, -0.15) is 0 Å². The van der Waals surface area contributed by atoms with Crippen LogP contribution in [0, 0.1) is 17.6 Å². The molecule has 0 bridgehead atoms. The average Bonchev–Trinajstić information content (AvgIpc) is 2.34. The van der Waals surface area contributed by atoms with Gasteiger partial charge >= 0.3 is 0 Å². The van der Waals surface area contributed by atoms with Crippen LogP contribution in [0.5, 0.6) is 0 Å². The van der Waals surface area contributed by atoms with Crippen LogP contribution in [0.25, 0.3) is 0 Å². The Balaban J connectivity index is 1.98. The summed E-state index contributed by atoms with van der Waals surface area (Å²) in [4.78, 5) is 0. The molecule has 1 nitrogen and oxygen atoms in total. The molecular formula is C14H18F2O. The fourth-order valence-corrected chi connectivity index (χ4v) is 2.42. The van der Waals surface area contributed by atoms with E-state index < -0.39 is 11.6 Å². The lowest BCUT2D eigenvalue weighted by molar-refractivity contribution is -0.0196. The Morgan fingerprint density at radius 1 is 1.24 bits per heavy atom. The minimum Gasteiger partial charge on any atom is -0.373 e. The van der Waals surface area contributed by atoms with E-state index in [1.807, 2.05) is 0 Å². The van der Waals surface area contributed by atoms with Crippen LogP contribution in [0.3, 0.4) is 0 Å². The Labute approximate surface area is 101 Å². The highest BCUT2D eigenvalue weighted by Crippen LogP contribution is 2.32. The molecule has 2 atom stereocenters. The highest BCUT2D eigenvalue weighted by atomic mass is 19.2. The third kappa shape index (κ3) is 3.03. The molecule has 2 unspecified atom stereocenters. The molecule has 94 valence electrons. The maximum absolute atomic E-state index is 13.1. The van der Waals surface area contributed by atoms with E-state index in [0.717, 1.165) is 25.0 Å². The van der Waals surface area contributed by atoms with Gasteiger partial charge in [0.25, 0.3) is 0 Å². The van der Waals surface area contributed by atoms with Crippen molar-refractivity contribution in [3.8, 4) is 0 Å². The van der Waals surface area contributed by atoms with E-state index in [0.29, 0.717) is 5.92 Å². The van der Waals surface area contributed by atoms with E-state index >= 15 is 0 Å². The molecule has 1 aromatic carbocycles. The zero-order chi connectivity index (χ0) is 12.3. The zero-order valence-corrected chi connectivity index (χ0v) is 10.1. The Morgan fingerprint density at radius 3 is 2.65 bits per heavy atom. The van der Waals surface area contributed by atoms with Gasteiger partial charge in [-0.15, -0.1) is 0 Å². The summed E-state index contributed by atoms with van der Waals surface area (Å²) < 4.78 is 31.6. The summed E-state index contributed by atoms with van der Waals surface area (Å²) in [7, 11) is 0. The molecule has 0 amide bonds. The summed E-state index contributed by atoms with van der Waals surface area (Å²) in [5.74, 6) is -0.961. The lowest BCUT2D eigenvalue weighted by Crippen LogP contribution is -2.20. The molecule has 1 aromatic rings. The van der Waals surface area contributed by atoms with Crippen LogP contribution in [0.4, 0.5) is 8.78 Å². The largest absolute Gasteiger partial charge is 0.373 e. The Bertz CT molecular complexity index is 370. The van der Waals surface area contributed by atoms with Crippen molar-refractivity contribution >= 4 is 0 Å². The minimum absolute atomic E-state index is 0.0711. The first-order valence-corrected chi connectivity index (χ1v) is 6.27. The molecule has 1 heterocycles. The zero-order valence-electron chi connectivity index (χ0n) is 10.1. The van der Waals surface area contributed by atoms with E-state index in [2.05, 4.69) is 6.92 Å². The van der Waals surface area contributed by atoms with E-state index in [9.17, 15) is 8.78 Å². The number of rotatable bonds is 3. The van der Waals surface area contributed by atoms with Crippen LogP contribution in [0.1, 0.15) is 44.3 Å². The number of hydrogen-bond donors (Lipinski definition) is 0. The standard InChI is InChI=1S/C14H18F2O/c1-2-3-10-4-7-14(17-9-10)11-5-6-12(15)13(16)8-11/h5-6,8,10,14H,2-4,7,9H2,1H3. The first-order valence-electron chi connectivity index (χ1n) is 6.27. The second-order valence-corrected chi connectivity index (χ2v) is 4.73. The van der Waals surface area contributed by atoms with Crippen molar-refractivity contribution < 1.29 is 13.5 Å². The van der Waals surface area contributed by atoms with Crippen molar-refractivity contribution in [1.29, 1.82) is 0 Å². The summed E-state index contributed by atoms with van der Waals surface area (Å²) in [6.45, 7) is 2.90. The monoisotopic (exact) mass is 240 g/mol. The second-order valence-electron chi connectivity index (χ2n) is 4.73. The van der Waals surface area contributed by atoms with E-state index in [1.165, 1.54) is 25.0 Å². The Kier molecular flexibility index (Phi) is 4.11. The molecule has 0 radical (unpaired) electrons. The minimum atomic E-state index is -0.798. The van der Waals surface area contributed by atoms with Crippen molar-refractivity contribution in [3.63, 3.8) is 0 Å². The fraction of sp³-hybridized carbons (Fsp3) is 0.571. The van der Waals surface area contributed by atoms with Gasteiger partial charge < -0.3 is 4.74 Å². The van der Waals surface area contributed by atoms with E-state index in [-0.39, 0.29) is 6.10 Å². The molecule has 1 aliphatic heterocycles. The van der Waals surface area contributed by atoms with Crippen LogP contribution >= 0.6 is 0 Å². The van der Waals surface area contributed by atoms with Crippen LogP contribution in [0.2, 0.25) is 0 Å². The molecule has 0 N–H and O–H groups in total. The number of halogens is 2. The normalized spacial score (nSPS) is 24.9. The molecule has 0 aromatic heterocycles. The lowest BCUT2D eigenvalue weighted by atomic mass is 9.92. The van der Waals surface area contributed by atoms with Gasteiger partial charge in [-0.25, -0.2) is 8.78 Å². The second kappa shape index (κ2) is 5.58. The highest BCUT2D eigenvalue weighted by Gasteiger charge is 2.23. The van der Waals surface area contributed by atoms with Crippen molar-refractivity contribution in [1.82, 2.24) is 0 Å². The summed E-state index contributed by atoms with van der Waals surface area (Å²) in [5, 5.41) is 0. The molecule has 1 fully saturated rings. The van der Waals surface area contributed by atoms with Crippen molar-refractivity contribution in [2.24, 2.45) is 5.92 Å². The van der Waals surface area contributed by atoms with Crippen molar-refractivity contribution in [2.45, 2.75) is 38.7 Å². The summed E-state index contributed by atoms with van der Waals surface area (Å²) in [6, 6.07) is 4.04. The summed E-state index contributed by atoms with van der Waals surface area (Å²) in [6.07, 6.45) is 4.29. The summed E-state index contributed by atoms with van der Waals surface area (Å²) >= 11 is 0. The summed E-state index contributed by atoms with van der Waals surface area (Å²) in [5.41, 5.74) is 0.749. The van der Waals surface area contributed by atoms with E-state index in [1.54, 1.807) is 6.07 Å². The van der Waals surface area contributed by atoms with Gasteiger partial charge in [0.1, 0.15) is 0 Å².